The van der Waals surface area contributed by atoms with Gasteiger partial charge in [0, 0.05) is 5.56 Å². The van der Waals surface area contributed by atoms with Crippen LogP contribution >= 0.6 is 11.3 Å². The maximum absolute atomic E-state index is 4.84. The van der Waals surface area contributed by atoms with E-state index >= 15 is 0 Å². The van der Waals surface area contributed by atoms with E-state index in [1.807, 2.05) is 6.07 Å². The van der Waals surface area contributed by atoms with Crippen LogP contribution in [0, 0.1) is 0 Å². The molecular formula is C20H13NS. The van der Waals surface area contributed by atoms with Crippen molar-refractivity contribution in [3.05, 3.63) is 77.9 Å². The van der Waals surface area contributed by atoms with E-state index in [4.69, 9.17) is 4.98 Å². The first-order chi connectivity index (χ1) is 10.9. The molecule has 1 heterocycles. The Hall–Kier alpha value is -2.45. The van der Waals surface area contributed by atoms with Gasteiger partial charge in [-0.25, -0.2) is 4.98 Å². The second-order valence-corrected chi connectivity index (χ2v) is 6.73. The Labute approximate surface area is 132 Å². The van der Waals surface area contributed by atoms with Gasteiger partial charge in [-0.3, -0.25) is 0 Å². The Kier molecular flexibility index (Phi) is 2.49. The first-order valence-corrected chi connectivity index (χ1v) is 8.27. The maximum atomic E-state index is 4.84. The molecule has 2 heteroatoms. The number of hydrogen-bond acceptors (Lipinski definition) is 2. The smallest absolute Gasteiger partial charge is 0.124 e. The monoisotopic (exact) mass is 299 g/mol. The summed E-state index contributed by atoms with van der Waals surface area (Å²) in [5.41, 5.74) is 7.91. The Morgan fingerprint density at radius 3 is 2.50 bits per heavy atom. The van der Waals surface area contributed by atoms with Gasteiger partial charge in [-0.15, -0.1) is 11.3 Å². The topological polar surface area (TPSA) is 12.9 Å². The summed E-state index contributed by atoms with van der Waals surface area (Å²) in [6.07, 6.45) is 1.03. The summed E-state index contributed by atoms with van der Waals surface area (Å²) in [7, 11) is 0. The highest BCUT2D eigenvalue weighted by Gasteiger charge is 2.19. The van der Waals surface area contributed by atoms with Crippen molar-refractivity contribution in [1.82, 2.24) is 4.98 Å². The van der Waals surface area contributed by atoms with Crippen LogP contribution in [0.5, 0.6) is 0 Å². The molecule has 0 bridgehead atoms. The van der Waals surface area contributed by atoms with Crippen LogP contribution in [0.25, 0.3) is 31.9 Å². The van der Waals surface area contributed by atoms with Crippen LogP contribution in [-0.4, -0.2) is 4.98 Å². The number of aromatic nitrogens is 1. The first-order valence-electron chi connectivity index (χ1n) is 7.46. The fourth-order valence-electron chi connectivity index (χ4n) is 3.26. The van der Waals surface area contributed by atoms with E-state index in [0.717, 1.165) is 16.9 Å². The molecule has 0 amide bonds. The highest BCUT2D eigenvalue weighted by atomic mass is 32.1. The van der Waals surface area contributed by atoms with Crippen molar-refractivity contribution in [2.75, 3.05) is 0 Å². The van der Waals surface area contributed by atoms with Gasteiger partial charge in [0.1, 0.15) is 5.01 Å². The minimum atomic E-state index is 1.03. The van der Waals surface area contributed by atoms with E-state index in [-0.39, 0.29) is 0 Å². The average molecular weight is 299 g/mol. The molecule has 0 atom stereocenters. The van der Waals surface area contributed by atoms with Crippen LogP contribution in [0.3, 0.4) is 0 Å². The summed E-state index contributed by atoms with van der Waals surface area (Å²) in [6, 6.07) is 23.7. The highest BCUT2D eigenvalue weighted by molar-refractivity contribution is 7.21. The largest absolute Gasteiger partial charge is 0.236 e. The predicted molar refractivity (Wildman–Crippen MR) is 93.3 cm³/mol. The minimum absolute atomic E-state index is 1.03. The van der Waals surface area contributed by atoms with E-state index in [2.05, 4.69) is 60.7 Å². The Balaban J connectivity index is 1.71. The van der Waals surface area contributed by atoms with Gasteiger partial charge >= 0.3 is 0 Å². The number of nitrogens with zero attached hydrogens (tertiary/aromatic N) is 1. The first kappa shape index (κ1) is 12.1. The summed E-state index contributed by atoms with van der Waals surface area (Å²) < 4.78 is 1.27. The van der Waals surface area contributed by atoms with Gasteiger partial charge in [0.05, 0.1) is 10.2 Å². The standard InChI is InChI=1S/C20H13NS/c1-2-6-13(7-3-1)20-21-18-11-15-10-14-8-4-5-9-16(14)17(15)12-19(18)22-20/h1-9,11-12H,10H2. The quantitative estimate of drug-likeness (QED) is 0.396. The van der Waals surface area contributed by atoms with Crippen LogP contribution in [0.1, 0.15) is 11.1 Å². The van der Waals surface area contributed by atoms with Gasteiger partial charge < -0.3 is 0 Å². The van der Waals surface area contributed by atoms with E-state index in [1.54, 1.807) is 11.3 Å². The average Bonchev–Trinajstić information content (AvgIpc) is 3.14. The van der Waals surface area contributed by atoms with Crippen molar-refractivity contribution in [3.8, 4) is 21.7 Å². The summed E-state index contributed by atoms with van der Waals surface area (Å²) >= 11 is 1.78. The molecule has 1 nitrogen and oxygen atoms in total. The fourth-order valence-corrected chi connectivity index (χ4v) is 4.25. The zero-order valence-electron chi connectivity index (χ0n) is 11.9. The lowest BCUT2D eigenvalue weighted by Crippen LogP contribution is -1.80. The Morgan fingerprint density at radius 2 is 1.59 bits per heavy atom. The van der Waals surface area contributed by atoms with Gasteiger partial charge in [0.25, 0.3) is 0 Å². The van der Waals surface area contributed by atoms with Crippen molar-refractivity contribution < 1.29 is 0 Å². The molecule has 22 heavy (non-hydrogen) atoms. The fraction of sp³-hybridized carbons (Fsp3) is 0.0500. The van der Waals surface area contributed by atoms with Gasteiger partial charge in [-0.1, -0.05) is 54.6 Å². The molecular weight excluding hydrogens is 286 g/mol. The third-order valence-corrected chi connectivity index (χ3v) is 5.39. The van der Waals surface area contributed by atoms with Gasteiger partial charge in [0.2, 0.25) is 0 Å². The number of fused-ring (bicyclic) bond motifs is 4. The predicted octanol–water partition coefficient (Wildman–Crippen LogP) is 5.53. The number of thiazole rings is 1. The second-order valence-electron chi connectivity index (χ2n) is 5.70. The number of benzene rings is 3. The third kappa shape index (κ3) is 1.74. The van der Waals surface area contributed by atoms with E-state index in [0.29, 0.717) is 0 Å². The molecule has 0 aliphatic heterocycles. The molecule has 3 aromatic carbocycles. The van der Waals surface area contributed by atoms with E-state index < -0.39 is 0 Å². The van der Waals surface area contributed by atoms with Crippen LogP contribution < -0.4 is 0 Å². The minimum Gasteiger partial charge on any atom is -0.236 e. The van der Waals surface area contributed by atoms with Crippen molar-refractivity contribution in [2.45, 2.75) is 6.42 Å². The van der Waals surface area contributed by atoms with Gasteiger partial charge in [-0.2, -0.15) is 0 Å². The normalized spacial score (nSPS) is 12.4. The second kappa shape index (κ2) is 4.52. The molecule has 1 aliphatic rings. The highest BCUT2D eigenvalue weighted by Crippen LogP contribution is 2.41. The molecule has 4 aromatic rings. The van der Waals surface area contributed by atoms with E-state index in [1.165, 1.54) is 32.5 Å². The molecule has 0 spiro atoms. The van der Waals surface area contributed by atoms with E-state index in [9.17, 15) is 0 Å². The summed E-state index contributed by atoms with van der Waals surface area (Å²) in [5.74, 6) is 0. The molecule has 1 aliphatic carbocycles. The molecule has 0 N–H and O–H groups in total. The lowest BCUT2D eigenvalue weighted by molar-refractivity contribution is 1.27. The summed E-state index contributed by atoms with van der Waals surface area (Å²) in [6.45, 7) is 0. The van der Waals surface area contributed by atoms with Crippen molar-refractivity contribution in [1.29, 1.82) is 0 Å². The summed E-state index contributed by atoms with van der Waals surface area (Å²) in [4.78, 5) is 4.84. The zero-order chi connectivity index (χ0) is 14.5. The zero-order valence-corrected chi connectivity index (χ0v) is 12.7. The lowest BCUT2D eigenvalue weighted by Gasteiger charge is -1.99. The maximum Gasteiger partial charge on any atom is 0.124 e. The lowest BCUT2D eigenvalue weighted by atomic mass is 10.1. The Bertz CT molecular complexity index is 999. The number of hydrogen-bond donors (Lipinski definition) is 0. The van der Waals surface area contributed by atoms with Crippen LogP contribution in [0.4, 0.5) is 0 Å². The molecule has 5 rings (SSSR count). The molecule has 104 valence electrons. The molecule has 0 saturated carbocycles. The van der Waals surface area contributed by atoms with Crippen molar-refractivity contribution >= 4 is 21.6 Å². The SMILES string of the molecule is c1ccc(-c2nc3cc4c(cc3s2)-c2ccccc2C4)cc1. The molecule has 0 saturated heterocycles. The van der Waals surface area contributed by atoms with Gasteiger partial charge in [0.15, 0.2) is 0 Å². The number of rotatable bonds is 1. The molecule has 0 radical (unpaired) electrons. The van der Waals surface area contributed by atoms with Crippen molar-refractivity contribution in [2.24, 2.45) is 0 Å². The van der Waals surface area contributed by atoms with Gasteiger partial charge in [-0.05, 0) is 40.8 Å². The Morgan fingerprint density at radius 1 is 0.773 bits per heavy atom. The third-order valence-electron chi connectivity index (χ3n) is 4.32. The molecule has 1 aromatic heterocycles. The van der Waals surface area contributed by atoms with Crippen LogP contribution in [-0.2, 0) is 6.42 Å². The molecule has 0 unspecified atom stereocenters. The van der Waals surface area contributed by atoms with Crippen LogP contribution in [0.2, 0.25) is 0 Å². The molecule has 0 fully saturated rings. The van der Waals surface area contributed by atoms with Crippen LogP contribution in [0.15, 0.2) is 66.7 Å². The van der Waals surface area contributed by atoms with Crippen molar-refractivity contribution in [3.63, 3.8) is 0 Å². The summed E-state index contributed by atoms with van der Waals surface area (Å²) in [5, 5.41) is 1.10.